The summed E-state index contributed by atoms with van der Waals surface area (Å²) in [5.74, 6) is 0. The van der Waals surface area contributed by atoms with Crippen LogP contribution in [0.1, 0.15) is 19.8 Å². The van der Waals surface area contributed by atoms with Crippen LogP contribution < -0.4 is 0 Å². The molecule has 14 heavy (non-hydrogen) atoms. The molecule has 0 amide bonds. The summed E-state index contributed by atoms with van der Waals surface area (Å²) in [6, 6.07) is 0. The molecule has 1 saturated heterocycles. The van der Waals surface area contributed by atoms with E-state index >= 15 is 0 Å². The fourth-order valence-electron chi connectivity index (χ4n) is 1.66. The topological polar surface area (TPSA) is 69.9 Å². The third-order valence-corrected chi connectivity index (χ3v) is 3.10. The summed E-state index contributed by atoms with van der Waals surface area (Å²) < 4.78 is 5.45. The Morgan fingerprint density at radius 1 is 1.57 bits per heavy atom. The largest absolute Gasteiger partial charge is 0.393 e. The lowest BCUT2D eigenvalue weighted by Crippen LogP contribution is -2.59. The molecule has 3 N–H and O–H groups in total. The summed E-state index contributed by atoms with van der Waals surface area (Å²) in [5, 5.41) is 28.3. The maximum atomic E-state index is 9.71. The van der Waals surface area contributed by atoms with Gasteiger partial charge in [0.05, 0.1) is 32.8 Å². The van der Waals surface area contributed by atoms with E-state index in [2.05, 4.69) is 0 Å². The molecule has 2 unspecified atom stereocenters. The first-order chi connectivity index (χ1) is 6.52. The van der Waals surface area contributed by atoms with Crippen molar-refractivity contribution in [2.75, 3.05) is 13.2 Å². The third kappa shape index (κ3) is 1.96. The van der Waals surface area contributed by atoms with Crippen molar-refractivity contribution in [3.05, 3.63) is 0 Å². The van der Waals surface area contributed by atoms with Gasteiger partial charge >= 0.3 is 0 Å². The van der Waals surface area contributed by atoms with Crippen molar-refractivity contribution < 1.29 is 20.1 Å². The van der Waals surface area contributed by atoms with Crippen molar-refractivity contribution in [1.82, 2.24) is 0 Å². The van der Waals surface area contributed by atoms with E-state index in [0.717, 1.165) is 0 Å². The standard InChI is InChI=1S/C9H17BO4/c1-2-8(4-10)3-7(12)9(13,5-11)6-14-8/h7,11-13H,2-6H2,1H3/t7?,8-,9?/m1/s1. The zero-order valence-corrected chi connectivity index (χ0v) is 8.44. The third-order valence-electron chi connectivity index (χ3n) is 3.10. The predicted molar refractivity (Wildman–Crippen MR) is 52.2 cm³/mol. The van der Waals surface area contributed by atoms with Crippen molar-refractivity contribution in [2.24, 2.45) is 0 Å². The van der Waals surface area contributed by atoms with Crippen LogP contribution in [0, 0.1) is 0 Å². The van der Waals surface area contributed by atoms with Crippen molar-refractivity contribution in [3.8, 4) is 0 Å². The Bertz CT molecular complexity index is 195. The number of aliphatic hydroxyl groups excluding tert-OH is 2. The average molecular weight is 200 g/mol. The minimum absolute atomic E-state index is 0.0737. The van der Waals surface area contributed by atoms with Crippen LogP contribution in [0.3, 0.4) is 0 Å². The maximum absolute atomic E-state index is 9.71. The fourth-order valence-corrected chi connectivity index (χ4v) is 1.66. The Hall–Kier alpha value is -0.0951. The van der Waals surface area contributed by atoms with Gasteiger partial charge < -0.3 is 20.1 Å². The summed E-state index contributed by atoms with van der Waals surface area (Å²) in [6.45, 7) is 1.34. The SMILES string of the molecule is [B]C[C@@]1(CC)CC(O)C(O)(CO)CO1. The van der Waals surface area contributed by atoms with Gasteiger partial charge in [0, 0.05) is 6.42 Å². The Morgan fingerprint density at radius 2 is 2.21 bits per heavy atom. The molecule has 4 nitrogen and oxygen atoms in total. The minimum Gasteiger partial charge on any atom is -0.393 e. The molecule has 0 aliphatic carbocycles. The van der Waals surface area contributed by atoms with E-state index in [-0.39, 0.29) is 13.0 Å². The van der Waals surface area contributed by atoms with Crippen LogP contribution in [0.25, 0.3) is 0 Å². The van der Waals surface area contributed by atoms with E-state index in [0.29, 0.717) is 12.7 Å². The highest BCUT2D eigenvalue weighted by molar-refractivity contribution is 6.09. The van der Waals surface area contributed by atoms with Gasteiger partial charge in [0.2, 0.25) is 0 Å². The first-order valence-electron chi connectivity index (χ1n) is 4.87. The van der Waals surface area contributed by atoms with Gasteiger partial charge in [0.25, 0.3) is 0 Å². The molecule has 1 aliphatic heterocycles. The molecule has 0 aromatic carbocycles. The molecule has 1 aliphatic rings. The Kier molecular flexibility index (Phi) is 3.58. The number of hydrogen-bond acceptors (Lipinski definition) is 4. The molecule has 1 heterocycles. The summed E-state index contributed by atoms with van der Waals surface area (Å²) in [4.78, 5) is 0. The number of ether oxygens (including phenoxy) is 1. The van der Waals surface area contributed by atoms with Gasteiger partial charge in [-0.1, -0.05) is 13.2 Å². The lowest BCUT2D eigenvalue weighted by atomic mass is 9.75. The van der Waals surface area contributed by atoms with Gasteiger partial charge in [-0.3, -0.25) is 0 Å². The number of hydrogen-bond donors (Lipinski definition) is 3. The van der Waals surface area contributed by atoms with Gasteiger partial charge in [0.1, 0.15) is 5.60 Å². The molecule has 0 bridgehead atoms. The van der Waals surface area contributed by atoms with E-state index in [9.17, 15) is 10.2 Å². The highest BCUT2D eigenvalue weighted by atomic mass is 16.5. The molecule has 2 radical (unpaired) electrons. The quantitative estimate of drug-likeness (QED) is 0.523. The second-order valence-electron chi connectivity index (χ2n) is 4.01. The lowest BCUT2D eigenvalue weighted by molar-refractivity contribution is -0.227. The van der Waals surface area contributed by atoms with Crippen LogP contribution in [0.2, 0.25) is 6.32 Å². The number of rotatable bonds is 3. The van der Waals surface area contributed by atoms with Gasteiger partial charge in [-0.05, 0) is 6.42 Å². The molecule has 0 saturated carbocycles. The van der Waals surface area contributed by atoms with Crippen LogP contribution in [0.15, 0.2) is 0 Å². The van der Waals surface area contributed by atoms with Crippen LogP contribution >= 0.6 is 0 Å². The molecule has 0 aromatic heterocycles. The highest BCUT2D eigenvalue weighted by Crippen LogP contribution is 2.35. The first kappa shape index (κ1) is 12.0. The van der Waals surface area contributed by atoms with E-state index < -0.39 is 23.9 Å². The smallest absolute Gasteiger partial charge is 0.137 e. The molecule has 0 spiro atoms. The van der Waals surface area contributed by atoms with E-state index in [4.69, 9.17) is 17.7 Å². The molecule has 1 fully saturated rings. The Labute approximate surface area is 85.3 Å². The molecular weight excluding hydrogens is 183 g/mol. The summed E-state index contributed by atoms with van der Waals surface area (Å²) in [7, 11) is 5.56. The van der Waals surface area contributed by atoms with Crippen LogP contribution in [-0.4, -0.2) is 53.7 Å². The molecular formula is C9H17BO4. The molecule has 0 aromatic rings. The van der Waals surface area contributed by atoms with E-state index in [1.54, 1.807) is 0 Å². The van der Waals surface area contributed by atoms with E-state index in [1.165, 1.54) is 0 Å². The van der Waals surface area contributed by atoms with Gasteiger partial charge in [-0.25, -0.2) is 0 Å². The Morgan fingerprint density at radius 3 is 2.57 bits per heavy atom. The van der Waals surface area contributed by atoms with Crippen molar-refractivity contribution >= 4 is 7.85 Å². The number of aliphatic hydroxyl groups is 3. The van der Waals surface area contributed by atoms with Crippen LogP contribution in [0.5, 0.6) is 0 Å². The zero-order valence-electron chi connectivity index (χ0n) is 8.44. The fraction of sp³-hybridized carbons (Fsp3) is 1.00. The highest BCUT2D eigenvalue weighted by Gasteiger charge is 2.46. The predicted octanol–water partition coefficient (Wildman–Crippen LogP) is -0.773. The first-order valence-corrected chi connectivity index (χ1v) is 4.87. The van der Waals surface area contributed by atoms with Gasteiger partial charge in [0.15, 0.2) is 0 Å². The lowest BCUT2D eigenvalue weighted by Gasteiger charge is -2.46. The van der Waals surface area contributed by atoms with Crippen molar-refractivity contribution in [3.63, 3.8) is 0 Å². The van der Waals surface area contributed by atoms with Crippen molar-refractivity contribution in [2.45, 2.75) is 43.4 Å². The molecule has 5 heteroatoms. The zero-order chi connectivity index (χ0) is 10.8. The van der Waals surface area contributed by atoms with Gasteiger partial charge in [-0.2, -0.15) is 0 Å². The molecule has 3 atom stereocenters. The average Bonchev–Trinajstić information content (AvgIpc) is 2.22. The second-order valence-corrected chi connectivity index (χ2v) is 4.01. The summed E-state index contributed by atoms with van der Waals surface area (Å²) in [6.07, 6.45) is 0.269. The monoisotopic (exact) mass is 200 g/mol. The molecule has 80 valence electrons. The Balaban J connectivity index is 2.71. The summed E-state index contributed by atoms with van der Waals surface area (Å²) in [5.41, 5.74) is -2.09. The van der Waals surface area contributed by atoms with Crippen molar-refractivity contribution in [1.29, 1.82) is 0 Å². The maximum Gasteiger partial charge on any atom is 0.137 e. The van der Waals surface area contributed by atoms with Crippen LogP contribution in [-0.2, 0) is 4.74 Å². The minimum atomic E-state index is -1.53. The molecule has 1 rings (SSSR count). The van der Waals surface area contributed by atoms with E-state index in [1.807, 2.05) is 6.92 Å². The normalized spacial score (nSPS) is 43.9. The summed E-state index contributed by atoms with van der Waals surface area (Å²) >= 11 is 0. The van der Waals surface area contributed by atoms with Crippen LogP contribution in [0.4, 0.5) is 0 Å². The van der Waals surface area contributed by atoms with Gasteiger partial charge in [-0.15, -0.1) is 0 Å². The second kappa shape index (κ2) is 4.19.